The normalized spacial score (nSPS) is 11.1. The van der Waals surface area contributed by atoms with Crippen LogP contribution in [0.5, 0.6) is 0 Å². The van der Waals surface area contributed by atoms with Crippen LogP contribution in [0.15, 0.2) is 66.3 Å². The summed E-state index contributed by atoms with van der Waals surface area (Å²) in [5, 5.41) is 10.4. The van der Waals surface area contributed by atoms with Crippen molar-refractivity contribution in [3.05, 3.63) is 83.4 Å². The van der Waals surface area contributed by atoms with Crippen LogP contribution in [0, 0.1) is 6.92 Å². The zero-order valence-corrected chi connectivity index (χ0v) is 17.0. The maximum Gasteiger partial charge on any atom is 0.252 e. The third-order valence-corrected chi connectivity index (χ3v) is 5.70. The smallest absolute Gasteiger partial charge is 0.252 e. The van der Waals surface area contributed by atoms with E-state index >= 15 is 0 Å². The van der Waals surface area contributed by atoms with Crippen LogP contribution in [-0.4, -0.2) is 30.6 Å². The molecule has 4 aromatic heterocycles. The third-order valence-electron chi connectivity index (χ3n) is 4.80. The molecular formula is C22H18N6OS. The van der Waals surface area contributed by atoms with Gasteiger partial charge in [0.2, 0.25) is 0 Å². The molecule has 0 aliphatic heterocycles. The number of thiophene rings is 1. The number of rotatable bonds is 5. The highest BCUT2D eigenvalue weighted by atomic mass is 32.1. The molecule has 0 saturated carbocycles. The van der Waals surface area contributed by atoms with Gasteiger partial charge in [-0.1, -0.05) is 24.3 Å². The molecule has 0 saturated heterocycles. The molecule has 0 bridgehead atoms. The number of pyridine rings is 1. The molecule has 148 valence electrons. The van der Waals surface area contributed by atoms with E-state index < -0.39 is 0 Å². The maximum absolute atomic E-state index is 13.2. The number of hydrogen-bond acceptors (Lipinski definition) is 5. The van der Waals surface area contributed by atoms with Crippen molar-refractivity contribution >= 4 is 28.3 Å². The Morgan fingerprint density at radius 1 is 1.20 bits per heavy atom. The van der Waals surface area contributed by atoms with Gasteiger partial charge in [0.15, 0.2) is 5.65 Å². The molecule has 8 heteroatoms. The molecule has 0 unspecified atom stereocenters. The van der Waals surface area contributed by atoms with Crippen molar-refractivity contribution < 1.29 is 4.79 Å². The molecule has 1 amide bonds. The van der Waals surface area contributed by atoms with E-state index in [-0.39, 0.29) is 5.91 Å². The van der Waals surface area contributed by atoms with Gasteiger partial charge in [0.25, 0.3) is 5.91 Å². The Balaban J connectivity index is 1.66. The second kappa shape index (κ2) is 7.57. The molecule has 30 heavy (non-hydrogen) atoms. The first-order chi connectivity index (χ1) is 14.7. The zero-order valence-electron chi connectivity index (χ0n) is 16.2. The summed E-state index contributed by atoms with van der Waals surface area (Å²) in [6.07, 6.45) is 3.39. The van der Waals surface area contributed by atoms with Crippen LogP contribution in [0.3, 0.4) is 0 Å². The fraction of sp³-hybridized carbons (Fsp3) is 0.0909. The maximum atomic E-state index is 13.2. The van der Waals surface area contributed by atoms with Crippen molar-refractivity contribution in [1.82, 2.24) is 30.0 Å². The molecule has 5 rings (SSSR count). The molecular weight excluding hydrogens is 396 g/mol. The number of H-pyrrole nitrogens is 1. The fourth-order valence-corrected chi connectivity index (χ4v) is 4.11. The van der Waals surface area contributed by atoms with E-state index in [4.69, 9.17) is 10.1 Å². The Kier molecular flexibility index (Phi) is 4.61. The topological polar surface area (TPSA) is 88.5 Å². The van der Waals surface area contributed by atoms with Crippen LogP contribution < -0.4 is 5.32 Å². The van der Waals surface area contributed by atoms with Crippen molar-refractivity contribution in [1.29, 1.82) is 0 Å². The molecule has 0 fully saturated rings. The van der Waals surface area contributed by atoms with Gasteiger partial charge in [-0.3, -0.25) is 4.79 Å². The number of aromatic nitrogens is 5. The number of nitrogens with zero attached hydrogens (tertiary/aromatic N) is 4. The number of hydrogen-bond donors (Lipinski definition) is 2. The number of fused-ring (bicyclic) bond motifs is 1. The lowest BCUT2D eigenvalue weighted by Crippen LogP contribution is -2.24. The average molecular weight is 414 g/mol. The molecule has 2 N–H and O–H groups in total. The second-order valence-corrected chi connectivity index (χ2v) is 7.73. The van der Waals surface area contributed by atoms with Crippen molar-refractivity contribution in [2.45, 2.75) is 13.5 Å². The number of para-hydroxylation sites is 1. The van der Waals surface area contributed by atoms with E-state index in [1.807, 2.05) is 60.8 Å². The third kappa shape index (κ3) is 3.27. The first kappa shape index (κ1) is 18.3. The molecule has 7 nitrogen and oxygen atoms in total. The predicted molar refractivity (Wildman–Crippen MR) is 117 cm³/mol. The second-order valence-electron chi connectivity index (χ2n) is 6.78. The van der Waals surface area contributed by atoms with Crippen molar-refractivity contribution in [3.63, 3.8) is 0 Å². The SMILES string of the molecule is Cc1nn(-c2ccccc2)c2nc(-c3cccs3)cc(C(=O)NCc3ncc[nH]3)c12. The van der Waals surface area contributed by atoms with Crippen LogP contribution in [-0.2, 0) is 6.54 Å². The minimum absolute atomic E-state index is 0.188. The summed E-state index contributed by atoms with van der Waals surface area (Å²) in [7, 11) is 0. The Bertz CT molecular complexity index is 1310. The Morgan fingerprint density at radius 3 is 2.80 bits per heavy atom. The molecule has 0 aliphatic carbocycles. The van der Waals surface area contributed by atoms with Gasteiger partial charge in [0, 0.05) is 12.4 Å². The van der Waals surface area contributed by atoms with Gasteiger partial charge in [0.1, 0.15) is 5.82 Å². The number of benzene rings is 1. The number of aryl methyl sites for hydroxylation is 1. The Morgan fingerprint density at radius 2 is 2.07 bits per heavy atom. The van der Waals surface area contributed by atoms with E-state index in [2.05, 4.69) is 15.3 Å². The molecule has 0 spiro atoms. The Hall–Kier alpha value is -3.78. The van der Waals surface area contributed by atoms with Gasteiger partial charge in [-0.05, 0) is 36.6 Å². The highest BCUT2D eigenvalue weighted by molar-refractivity contribution is 7.13. The minimum Gasteiger partial charge on any atom is -0.347 e. The quantitative estimate of drug-likeness (QED) is 0.453. The van der Waals surface area contributed by atoms with Gasteiger partial charge in [0.05, 0.1) is 39.4 Å². The van der Waals surface area contributed by atoms with Gasteiger partial charge in [-0.2, -0.15) is 5.10 Å². The van der Waals surface area contributed by atoms with Gasteiger partial charge in [-0.25, -0.2) is 14.6 Å². The van der Waals surface area contributed by atoms with E-state index in [0.717, 1.165) is 27.3 Å². The minimum atomic E-state index is -0.188. The summed E-state index contributed by atoms with van der Waals surface area (Å²) in [5.41, 5.74) is 3.61. The zero-order chi connectivity index (χ0) is 20.5. The molecule has 0 atom stereocenters. The summed E-state index contributed by atoms with van der Waals surface area (Å²) in [4.78, 5) is 26.2. The molecule has 0 aliphatic rings. The standard InChI is InChI=1S/C22H18N6OS/c1-14-20-16(22(29)25-13-19-23-9-10-24-19)12-17(18-8-5-11-30-18)26-21(20)28(27-14)15-6-3-2-4-7-15/h2-12H,13H2,1H3,(H,23,24)(H,25,29). The number of amides is 1. The molecule has 5 aromatic rings. The lowest BCUT2D eigenvalue weighted by Gasteiger charge is -2.09. The summed E-state index contributed by atoms with van der Waals surface area (Å²) >= 11 is 1.59. The van der Waals surface area contributed by atoms with Gasteiger partial charge < -0.3 is 10.3 Å². The van der Waals surface area contributed by atoms with Gasteiger partial charge in [-0.15, -0.1) is 11.3 Å². The van der Waals surface area contributed by atoms with Crippen LogP contribution in [0.25, 0.3) is 27.3 Å². The Labute approximate surface area is 176 Å². The number of carbonyl (C=O) groups excluding carboxylic acids is 1. The molecule has 0 radical (unpaired) electrons. The predicted octanol–water partition coefficient (Wildman–Crippen LogP) is 4.11. The summed E-state index contributed by atoms with van der Waals surface area (Å²) in [6.45, 7) is 2.22. The molecule has 4 heterocycles. The van der Waals surface area contributed by atoms with Crippen LogP contribution >= 0.6 is 11.3 Å². The van der Waals surface area contributed by atoms with Gasteiger partial charge >= 0.3 is 0 Å². The van der Waals surface area contributed by atoms with Crippen LogP contribution in [0.1, 0.15) is 21.9 Å². The van der Waals surface area contributed by atoms with E-state index in [9.17, 15) is 4.79 Å². The number of carbonyl (C=O) groups is 1. The van der Waals surface area contributed by atoms with Crippen LogP contribution in [0.4, 0.5) is 0 Å². The van der Waals surface area contributed by atoms with Crippen LogP contribution in [0.2, 0.25) is 0 Å². The van der Waals surface area contributed by atoms with E-state index in [0.29, 0.717) is 23.6 Å². The van der Waals surface area contributed by atoms with Crippen molar-refractivity contribution in [2.75, 3.05) is 0 Å². The summed E-state index contributed by atoms with van der Waals surface area (Å²) < 4.78 is 1.80. The summed E-state index contributed by atoms with van der Waals surface area (Å²) in [5.74, 6) is 0.510. The van der Waals surface area contributed by atoms with E-state index in [1.54, 1.807) is 28.4 Å². The highest BCUT2D eigenvalue weighted by Crippen LogP contribution is 2.30. The van der Waals surface area contributed by atoms with Crippen molar-refractivity contribution in [2.24, 2.45) is 0 Å². The van der Waals surface area contributed by atoms with E-state index in [1.165, 1.54) is 0 Å². The lowest BCUT2D eigenvalue weighted by molar-refractivity contribution is 0.0951. The fourth-order valence-electron chi connectivity index (χ4n) is 3.42. The average Bonchev–Trinajstić information content (AvgIpc) is 3.54. The van der Waals surface area contributed by atoms with Crippen molar-refractivity contribution in [3.8, 4) is 16.3 Å². The number of imidazole rings is 1. The monoisotopic (exact) mass is 414 g/mol. The first-order valence-electron chi connectivity index (χ1n) is 9.47. The largest absolute Gasteiger partial charge is 0.347 e. The number of nitrogens with one attached hydrogen (secondary N) is 2. The molecule has 1 aromatic carbocycles. The lowest BCUT2D eigenvalue weighted by atomic mass is 10.1. The first-order valence-corrected chi connectivity index (χ1v) is 10.3. The number of aromatic amines is 1. The summed E-state index contributed by atoms with van der Waals surface area (Å²) in [6, 6.07) is 15.6. The highest BCUT2D eigenvalue weighted by Gasteiger charge is 2.21.